The van der Waals surface area contributed by atoms with Crippen LogP contribution >= 0.6 is 0 Å². The van der Waals surface area contributed by atoms with Crippen LogP contribution in [-0.4, -0.2) is 41.5 Å². The molecule has 88 valence electrons. The van der Waals surface area contributed by atoms with Crippen molar-refractivity contribution in [3.8, 4) is 0 Å². The number of unbranched alkanes of at least 4 members (excludes halogenated alkanes) is 1. The summed E-state index contributed by atoms with van der Waals surface area (Å²) in [5, 5.41) is 8.59. The highest BCUT2D eigenvalue weighted by Gasteiger charge is 2.14. The molecule has 0 spiro atoms. The standard InChI is InChI=1S/C10H20N2O3/c1-2-3-6-12(8-9(11)14)10(15)5-4-7-13/h13H,2-8H2,1H3,(H2,11,14). The number of nitrogens with two attached hydrogens (primary N) is 1. The van der Waals surface area contributed by atoms with Crippen LogP contribution in [0.3, 0.4) is 0 Å². The van der Waals surface area contributed by atoms with E-state index in [1.165, 1.54) is 4.90 Å². The first-order valence-electron chi connectivity index (χ1n) is 5.28. The van der Waals surface area contributed by atoms with Gasteiger partial charge in [0.25, 0.3) is 0 Å². The fourth-order valence-electron chi connectivity index (χ4n) is 1.22. The molecule has 0 saturated heterocycles. The van der Waals surface area contributed by atoms with Crippen LogP contribution in [0, 0.1) is 0 Å². The van der Waals surface area contributed by atoms with Crippen LogP contribution in [0.5, 0.6) is 0 Å². The summed E-state index contributed by atoms with van der Waals surface area (Å²) < 4.78 is 0. The van der Waals surface area contributed by atoms with Crippen molar-refractivity contribution in [1.82, 2.24) is 4.90 Å². The SMILES string of the molecule is CCCCN(CC(N)=O)C(=O)CCCO. The lowest BCUT2D eigenvalue weighted by molar-refractivity contribution is -0.135. The molecule has 0 bridgehead atoms. The number of carbonyl (C=O) groups is 2. The van der Waals surface area contributed by atoms with Gasteiger partial charge in [0.15, 0.2) is 0 Å². The second kappa shape index (κ2) is 8.23. The molecule has 0 unspecified atom stereocenters. The highest BCUT2D eigenvalue weighted by molar-refractivity contribution is 5.83. The molecule has 0 rings (SSSR count). The zero-order chi connectivity index (χ0) is 11.7. The molecule has 3 N–H and O–H groups in total. The van der Waals surface area contributed by atoms with Gasteiger partial charge in [-0.1, -0.05) is 13.3 Å². The molecule has 0 fully saturated rings. The van der Waals surface area contributed by atoms with Crippen molar-refractivity contribution in [3.05, 3.63) is 0 Å². The summed E-state index contributed by atoms with van der Waals surface area (Å²) in [7, 11) is 0. The van der Waals surface area contributed by atoms with E-state index in [-0.39, 0.29) is 25.5 Å². The van der Waals surface area contributed by atoms with Gasteiger partial charge in [-0.05, 0) is 12.8 Å². The van der Waals surface area contributed by atoms with Crippen LogP contribution in [0.2, 0.25) is 0 Å². The minimum atomic E-state index is -0.497. The number of carbonyl (C=O) groups excluding carboxylic acids is 2. The van der Waals surface area contributed by atoms with E-state index in [4.69, 9.17) is 10.8 Å². The third kappa shape index (κ3) is 6.90. The smallest absolute Gasteiger partial charge is 0.237 e. The number of aliphatic hydroxyl groups is 1. The van der Waals surface area contributed by atoms with Gasteiger partial charge in [-0.25, -0.2) is 0 Å². The summed E-state index contributed by atoms with van der Waals surface area (Å²) in [5.74, 6) is -0.611. The first-order valence-corrected chi connectivity index (χ1v) is 5.28. The second-order valence-electron chi connectivity index (χ2n) is 3.46. The Labute approximate surface area is 90.2 Å². The number of primary amides is 1. The largest absolute Gasteiger partial charge is 0.396 e. The Morgan fingerprint density at radius 1 is 1.33 bits per heavy atom. The summed E-state index contributed by atoms with van der Waals surface area (Å²) >= 11 is 0. The molecule has 15 heavy (non-hydrogen) atoms. The quantitative estimate of drug-likeness (QED) is 0.593. The van der Waals surface area contributed by atoms with Crippen LogP contribution in [0.15, 0.2) is 0 Å². The molecule has 0 radical (unpaired) electrons. The van der Waals surface area contributed by atoms with Crippen molar-refractivity contribution < 1.29 is 14.7 Å². The van der Waals surface area contributed by atoms with E-state index in [2.05, 4.69) is 0 Å². The fraction of sp³-hybridized carbons (Fsp3) is 0.800. The van der Waals surface area contributed by atoms with Crippen molar-refractivity contribution >= 4 is 11.8 Å². The number of aliphatic hydroxyl groups excluding tert-OH is 1. The molecule has 0 aromatic rings. The predicted molar refractivity (Wildman–Crippen MR) is 57.0 cm³/mol. The number of hydrogen-bond donors (Lipinski definition) is 2. The molecule has 5 nitrogen and oxygen atoms in total. The molecule has 0 saturated carbocycles. The van der Waals surface area contributed by atoms with E-state index in [0.717, 1.165) is 12.8 Å². The lowest BCUT2D eigenvalue weighted by Gasteiger charge is -2.20. The zero-order valence-electron chi connectivity index (χ0n) is 9.24. The van der Waals surface area contributed by atoms with Crippen LogP contribution in [0.25, 0.3) is 0 Å². The Kier molecular flexibility index (Phi) is 7.62. The van der Waals surface area contributed by atoms with Crippen molar-refractivity contribution in [3.63, 3.8) is 0 Å². The molecule has 0 aromatic heterocycles. The minimum Gasteiger partial charge on any atom is -0.396 e. The Balaban J connectivity index is 4.07. The molecule has 0 aromatic carbocycles. The maximum Gasteiger partial charge on any atom is 0.237 e. The lowest BCUT2D eigenvalue weighted by Crippen LogP contribution is -2.39. The summed E-state index contributed by atoms with van der Waals surface area (Å²) in [6, 6.07) is 0. The molecule has 0 atom stereocenters. The first-order chi connectivity index (χ1) is 7.11. The monoisotopic (exact) mass is 216 g/mol. The van der Waals surface area contributed by atoms with Gasteiger partial charge in [0.2, 0.25) is 11.8 Å². The molecule has 0 heterocycles. The highest BCUT2D eigenvalue weighted by atomic mass is 16.3. The lowest BCUT2D eigenvalue weighted by atomic mass is 10.2. The zero-order valence-corrected chi connectivity index (χ0v) is 9.24. The second-order valence-corrected chi connectivity index (χ2v) is 3.46. The number of hydrogen-bond acceptors (Lipinski definition) is 3. The van der Waals surface area contributed by atoms with E-state index in [9.17, 15) is 9.59 Å². The molecule has 2 amide bonds. The van der Waals surface area contributed by atoms with Crippen LogP contribution in [0.1, 0.15) is 32.6 Å². The number of nitrogens with zero attached hydrogens (tertiary/aromatic N) is 1. The Bertz CT molecular complexity index is 207. The van der Waals surface area contributed by atoms with Gasteiger partial charge in [0.1, 0.15) is 0 Å². The van der Waals surface area contributed by atoms with Gasteiger partial charge < -0.3 is 15.7 Å². The van der Waals surface area contributed by atoms with Crippen molar-refractivity contribution in [2.75, 3.05) is 19.7 Å². The Hall–Kier alpha value is -1.10. The molecular weight excluding hydrogens is 196 g/mol. The van der Waals surface area contributed by atoms with Crippen LogP contribution in [0.4, 0.5) is 0 Å². The molecule has 0 aliphatic heterocycles. The van der Waals surface area contributed by atoms with Crippen molar-refractivity contribution in [2.24, 2.45) is 5.73 Å². The Morgan fingerprint density at radius 2 is 2.00 bits per heavy atom. The molecule has 0 aliphatic carbocycles. The van der Waals surface area contributed by atoms with Gasteiger partial charge >= 0.3 is 0 Å². The third-order valence-electron chi connectivity index (χ3n) is 2.03. The van der Waals surface area contributed by atoms with E-state index >= 15 is 0 Å². The summed E-state index contributed by atoms with van der Waals surface area (Å²) in [4.78, 5) is 23.7. The van der Waals surface area contributed by atoms with Gasteiger partial charge in [-0.2, -0.15) is 0 Å². The van der Waals surface area contributed by atoms with Gasteiger partial charge in [0, 0.05) is 19.6 Å². The van der Waals surface area contributed by atoms with E-state index in [1.807, 2.05) is 6.92 Å². The maximum atomic E-state index is 11.6. The molecule has 0 aliphatic rings. The van der Waals surface area contributed by atoms with Gasteiger partial charge in [0.05, 0.1) is 6.54 Å². The highest BCUT2D eigenvalue weighted by Crippen LogP contribution is 2.00. The normalized spacial score (nSPS) is 10.0. The maximum absolute atomic E-state index is 11.6. The fourth-order valence-corrected chi connectivity index (χ4v) is 1.22. The van der Waals surface area contributed by atoms with Crippen molar-refractivity contribution in [2.45, 2.75) is 32.6 Å². The summed E-state index contributed by atoms with van der Waals surface area (Å²) in [5.41, 5.74) is 5.05. The first kappa shape index (κ1) is 13.9. The minimum absolute atomic E-state index is 0.00999. The van der Waals surface area contributed by atoms with Crippen LogP contribution in [-0.2, 0) is 9.59 Å². The van der Waals surface area contributed by atoms with E-state index < -0.39 is 5.91 Å². The van der Waals surface area contributed by atoms with E-state index in [1.54, 1.807) is 0 Å². The summed E-state index contributed by atoms with van der Waals surface area (Å²) in [6.07, 6.45) is 2.52. The Morgan fingerprint density at radius 3 is 2.47 bits per heavy atom. The molecular formula is C10H20N2O3. The van der Waals surface area contributed by atoms with E-state index in [0.29, 0.717) is 13.0 Å². The van der Waals surface area contributed by atoms with Crippen molar-refractivity contribution in [1.29, 1.82) is 0 Å². The summed E-state index contributed by atoms with van der Waals surface area (Å²) in [6.45, 7) is 2.54. The topological polar surface area (TPSA) is 83.6 Å². The van der Waals surface area contributed by atoms with Gasteiger partial charge in [-0.3, -0.25) is 9.59 Å². The number of amides is 2. The average Bonchev–Trinajstić information content (AvgIpc) is 2.20. The van der Waals surface area contributed by atoms with Crippen LogP contribution < -0.4 is 5.73 Å². The third-order valence-corrected chi connectivity index (χ3v) is 2.03. The number of rotatable bonds is 8. The molecule has 5 heteroatoms. The average molecular weight is 216 g/mol. The van der Waals surface area contributed by atoms with Gasteiger partial charge in [-0.15, -0.1) is 0 Å². The predicted octanol–water partition coefficient (Wildman–Crippen LogP) is -0.127.